The third kappa shape index (κ3) is 2.99. The molecule has 0 spiro atoms. The lowest BCUT2D eigenvalue weighted by molar-refractivity contribution is 0.495. The highest BCUT2D eigenvalue weighted by Crippen LogP contribution is 2.27. The number of pyridine rings is 1. The summed E-state index contributed by atoms with van der Waals surface area (Å²) >= 11 is 0. The third-order valence-corrected chi connectivity index (χ3v) is 3.61. The van der Waals surface area contributed by atoms with Gasteiger partial charge in [-0.15, -0.1) is 0 Å². The summed E-state index contributed by atoms with van der Waals surface area (Å²) < 4.78 is 5.37. The van der Waals surface area contributed by atoms with Crippen LogP contribution in [0.3, 0.4) is 0 Å². The number of aromatic nitrogens is 1. The van der Waals surface area contributed by atoms with Gasteiger partial charge < -0.3 is 15.5 Å². The first kappa shape index (κ1) is 13.5. The lowest BCUT2D eigenvalue weighted by atomic mass is 10.1. The van der Waals surface area contributed by atoms with Crippen molar-refractivity contribution in [2.45, 2.75) is 25.8 Å². The molecule has 3 N–H and O–H groups in total. The van der Waals surface area contributed by atoms with Crippen LogP contribution >= 0.6 is 0 Å². The van der Waals surface area contributed by atoms with Gasteiger partial charge in [-0.25, -0.2) is 0 Å². The molecule has 2 heterocycles. The quantitative estimate of drug-likeness (QED) is 0.697. The van der Waals surface area contributed by atoms with Crippen LogP contribution in [0.2, 0.25) is 0 Å². The van der Waals surface area contributed by atoms with Gasteiger partial charge in [0.05, 0.1) is 17.5 Å². The molecule has 0 saturated heterocycles. The Kier molecular flexibility index (Phi) is 3.77. The molecule has 4 heteroatoms. The molecule has 21 heavy (non-hydrogen) atoms. The highest BCUT2D eigenvalue weighted by molar-refractivity contribution is 5.98. The smallest absolute Gasteiger partial charge is 0.103 e. The third-order valence-electron chi connectivity index (χ3n) is 3.61. The fourth-order valence-corrected chi connectivity index (χ4v) is 2.47. The monoisotopic (exact) mass is 281 g/mol. The Balaban J connectivity index is 1.74. The molecule has 0 bridgehead atoms. The summed E-state index contributed by atoms with van der Waals surface area (Å²) in [6.07, 6.45) is 5.40. The van der Waals surface area contributed by atoms with Crippen molar-refractivity contribution in [3.63, 3.8) is 0 Å². The molecule has 1 atom stereocenters. The minimum absolute atomic E-state index is 0.335. The fourth-order valence-electron chi connectivity index (χ4n) is 2.47. The topological polar surface area (TPSA) is 64.1 Å². The van der Waals surface area contributed by atoms with E-state index in [0.717, 1.165) is 35.2 Å². The van der Waals surface area contributed by atoms with E-state index in [-0.39, 0.29) is 0 Å². The van der Waals surface area contributed by atoms with E-state index in [2.05, 4.69) is 17.2 Å². The summed E-state index contributed by atoms with van der Waals surface area (Å²) in [5, 5.41) is 4.60. The molecule has 0 fully saturated rings. The number of hydrogen-bond donors (Lipinski definition) is 2. The predicted molar refractivity (Wildman–Crippen MR) is 86.3 cm³/mol. The van der Waals surface area contributed by atoms with Crippen LogP contribution in [0.15, 0.2) is 53.3 Å². The van der Waals surface area contributed by atoms with Crippen molar-refractivity contribution in [2.75, 3.05) is 11.1 Å². The number of fused-ring (bicyclic) bond motifs is 1. The van der Waals surface area contributed by atoms with Crippen LogP contribution in [0, 0.1) is 0 Å². The number of benzene rings is 1. The molecule has 4 nitrogen and oxygen atoms in total. The first-order valence-electron chi connectivity index (χ1n) is 7.16. The Morgan fingerprint density at radius 1 is 1.24 bits per heavy atom. The second-order valence-electron chi connectivity index (χ2n) is 5.27. The van der Waals surface area contributed by atoms with Crippen LogP contribution in [0.1, 0.15) is 19.1 Å². The average molecular weight is 281 g/mol. The number of nitrogens with one attached hydrogen (secondary N) is 1. The van der Waals surface area contributed by atoms with Crippen molar-refractivity contribution in [2.24, 2.45) is 0 Å². The van der Waals surface area contributed by atoms with Crippen LogP contribution in [-0.2, 0) is 6.42 Å². The average Bonchev–Trinajstić information content (AvgIpc) is 3.02. The largest absolute Gasteiger partial charge is 0.469 e. The Bertz CT molecular complexity index is 722. The second kappa shape index (κ2) is 5.87. The minimum atomic E-state index is 0.335. The number of furan rings is 1. The number of hydrogen-bond acceptors (Lipinski definition) is 4. The number of aryl methyl sites for hydroxylation is 1. The van der Waals surface area contributed by atoms with Crippen molar-refractivity contribution >= 4 is 22.3 Å². The Hall–Kier alpha value is -2.49. The second-order valence-corrected chi connectivity index (χ2v) is 5.27. The summed E-state index contributed by atoms with van der Waals surface area (Å²) in [4.78, 5) is 4.36. The number of nitrogens with two attached hydrogens (primary N) is 1. The van der Waals surface area contributed by atoms with Gasteiger partial charge in [0.2, 0.25) is 0 Å². The van der Waals surface area contributed by atoms with Gasteiger partial charge in [0.15, 0.2) is 0 Å². The molecule has 0 radical (unpaired) electrons. The van der Waals surface area contributed by atoms with Gasteiger partial charge in [0, 0.05) is 29.7 Å². The van der Waals surface area contributed by atoms with E-state index in [1.165, 1.54) is 0 Å². The molecule has 1 unspecified atom stereocenters. The fraction of sp³-hybridized carbons (Fsp3) is 0.235. The van der Waals surface area contributed by atoms with Crippen LogP contribution in [0.25, 0.3) is 10.9 Å². The van der Waals surface area contributed by atoms with Crippen LogP contribution in [0.4, 0.5) is 11.4 Å². The zero-order chi connectivity index (χ0) is 14.7. The van der Waals surface area contributed by atoms with Crippen molar-refractivity contribution in [1.82, 2.24) is 4.98 Å². The molecule has 3 rings (SSSR count). The molecule has 3 aromatic rings. The summed E-state index contributed by atoms with van der Waals surface area (Å²) in [5.74, 6) is 1.02. The first-order valence-corrected chi connectivity index (χ1v) is 7.16. The molecular formula is C17H19N3O. The highest BCUT2D eigenvalue weighted by Gasteiger charge is 2.08. The van der Waals surface area contributed by atoms with Crippen molar-refractivity contribution in [3.8, 4) is 0 Å². The molecule has 1 aromatic carbocycles. The summed E-state index contributed by atoms with van der Waals surface area (Å²) in [6.45, 7) is 2.17. The maximum atomic E-state index is 5.98. The Labute approximate surface area is 124 Å². The molecule has 2 aromatic heterocycles. The van der Waals surface area contributed by atoms with E-state index in [1.54, 1.807) is 12.5 Å². The van der Waals surface area contributed by atoms with Gasteiger partial charge in [-0.3, -0.25) is 4.98 Å². The maximum absolute atomic E-state index is 5.98. The van der Waals surface area contributed by atoms with Gasteiger partial charge in [-0.2, -0.15) is 0 Å². The van der Waals surface area contributed by atoms with Gasteiger partial charge in [-0.05, 0) is 49.7 Å². The van der Waals surface area contributed by atoms with E-state index in [1.807, 2.05) is 36.4 Å². The zero-order valence-electron chi connectivity index (χ0n) is 12.0. The lowest BCUT2D eigenvalue weighted by Crippen LogP contribution is -2.16. The molecule has 108 valence electrons. The number of anilines is 2. The molecular weight excluding hydrogens is 262 g/mol. The van der Waals surface area contributed by atoms with E-state index in [9.17, 15) is 0 Å². The number of nitrogen functional groups attached to an aromatic ring is 1. The normalized spacial score (nSPS) is 12.4. The molecule has 0 aliphatic heterocycles. The number of nitrogens with zero attached hydrogens (tertiary/aromatic N) is 1. The lowest BCUT2D eigenvalue weighted by Gasteiger charge is -2.17. The van der Waals surface area contributed by atoms with Gasteiger partial charge in [0.25, 0.3) is 0 Å². The van der Waals surface area contributed by atoms with Crippen LogP contribution < -0.4 is 11.1 Å². The minimum Gasteiger partial charge on any atom is -0.469 e. The van der Waals surface area contributed by atoms with E-state index < -0.39 is 0 Å². The van der Waals surface area contributed by atoms with Crippen molar-refractivity contribution in [3.05, 3.63) is 54.6 Å². The molecule has 0 aliphatic rings. The van der Waals surface area contributed by atoms with Crippen molar-refractivity contribution < 1.29 is 4.42 Å². The van der Waals surface area contributed by atoms with Crippen molar-refractivity contribution in [1.29, 1.82) is 0 Å². The van der Waals surface area contributed by atoms with Crippen LogP contribution in [0.5, 0.6) is 0 Å². The highest BCUT2D eigenvalue weighted by atomic mass is 16.3. The Morgan fingerprint density at radius 3 is 2.95 bits per heavy atom. The molecule has 0 amide bonds. The zero-order valence-corrected chi connectivity index (χ0v) is 12.0. The molecule has 0 saturated carbocycles. The van der Waals surface area contributed by atoms with Crippen LogP contribution in [-0.4, -0.2) is 11.0 Å². The standard InChI is InChI=1S/C17H19N3O/c1-12(6-7-13-4-3-11-21-13)20-16-9-8-15(18)17-14(16)5-2-10-19-17/h2-5,8-12,20H,6-7,18H2,1H3. The van der Waals surface area contributed by atoms with Gasteiger partial charge >= 0.3 is 0 Å². The van der Waals surface area contributed by atoms with Gasteiger partial charge in [-0.1, -0.05) is 0 Å². The maximum Gasteiger partial charge on any atom is 0.103 e. The summed E-state index contributed by atoms with van der Waals surface area (Å²) in [6, 6.07) is 12.2. The number of rotatable bonds is 5. The van der Waals surface area contributed by atoms with E-state index >= 15 is 0 Å². The predicted octanol–water partition coefficient (Wildman–Crippen LogP) is 3.84. The Morgan fingerprint density at radius 2 is 2.14 bits per heavy atom. The SMILES string of the molecule is CC(CCc1ccco1)Nc1ccc(N)c2ncccc12. The summed E-state index contributed by atoms with van der Waals surface area (Å²) in [5.41, 5.74) is 8.60. The first-order chi connectivity index (χ1) is 10.2. The summed E-state index contributed by atoms with van der Waals surface area (Å²) in [7, 11) is 0. The molecule has 0 aliphatic carbocycles. The van der Waals surface area contributed by atoms with E-state index in [4.69, 9.17) is 10.2 Å². The van der Waals surface area contributed by atoms with Gasteiger partial charge in [0.1, 0.15) is 5.76 Å². The van der Waals surface area contributed by atoms with E-state index in [0.29, 0.717) is 11.7 Å².